The zero-order chi connectivity index (χ0) is 19.6. The van der Waals surface area contributed by atoms with E-state index in [1.807, 2.05) is 0 Å². The minimum absolute atomic E-state index is 0.0745. The molecule has 1 aliphatic rings. The van der Waals surface area contributed by atoms with Gasteiger partial charge in [0.05, 0.1) is 18.2 Å². The Morgan fingerprint density at radius 2 is 1.89 bits per heavy atom. The van der Waals surface area contributed by atoms with Gasteiger partial charge in [0.25, 0.3) is 0 Å². The van der Waals surface area contributed by atoms with Crippen LogP contribution in [0.25, 0.3) is 0 Å². The molecule has 1 amide bonds. The van der Waals surface area contributed by atoms with Crippen molar-refractivity contribution in [2.45, 2.75) is 20.1 Å². The normalized spacial score (nSPS) is 15.7. The van der Waals surface area contributed by atoms with Gasteiger partial charge < -0.3 is 19.3 Å². The first-order valence-corrected chi connectivity index (χ1v) is 8.10. The number of para-hydroxylation sites is 1. The first-order valence-electron chi connectivity index (χ1n) is 8.10. The number of rotatable bonds is 4. The van der Waals surface area contributed by atoms with Crippen molar-refractivity contribution in [3.05, 3.63) is 53.6 Å². The molecule has 1 N–H and O–H groups in total. The molecular weight excluding hydrogens is 352 g/mol. The third kappa shape index (κ3) is 3.69. The number of hydrogen-bond donors (Lipinski definition) is 1. The lowest BCUT2D eigenvalue weighted by Crippen LogP contribution is -2.25. The number of phenolic OH excluding ortho intramolecular Hbond substituents is 1. The van der Waals surface area contributed by atoms with Gasteiger partial charge in [0.15, 0.2) is 0 Å². The second-order valence-electron chi connectivity index (χ2n) is 5.76. The summed E-state index contributed by atoms with van der Waals surface area (Å²) in [7, 11) is 1.52. The van der Waals surface area contributed by atoms with E-state index in [1.54, 1.807) is 24.3 Å². The molecular formula is C19H18N2O6. The van der Waals surface area contributed by atoms with Crippen molar-refractivity contribution < 1.29 is 28.9 Å². The Morgan fingerprint density at radius 3 is 2.56 bits per heavy atom. The van der Waals surface area contributed by atoms with E-state index in [4.69, 9.17) is 14.2 Å². The number of methoxy groups -OCH3 is 1. The second-order valence-corrected chi connectivity index (χ2v) is 5.76. The number of carbonyl (C=O) groups is 2. The van der Waals surface area contributed by atoms with Gasteiger partial charge in [-0.15, -0.1) is 5.10 Å². The van der Waals surface area contributed by atoms with Crippen LogP contribution in [0.4, 0.5) is 0 Å². The number of hydrazone groups is 1. The van der Waals surface area contributed by atoms with Crippen molar-refractivity contribution in [1.82, 2.24) is 5.01 Å². The summed E-state index contributed by atoms with van der Waals surface area (Å²) >= 11 is 0. The smallest absolute Gasteiger partial charge is 0.308 e. The van der Waals surface area contributed by atoms with E-state index in [-0.39, 0.29) is 23.3 Å². The number of esters is 1. The standard InChI is InChI=1S/C19H18N2O6/c1-11(22)21-19(15-6-4-5-7-16(15)25-3)27-18(20-21)14-9-8-13(24)10-17(14)26-12(2)23/h4-10,19,24H,1-3H3/t19-/m0/s1. The number of phenols is 1. The van der Waals surface area contributed by atoms with E-state index in [9.17, 15) is 14.7 Å². The number of nitrogens with zero attached hydrogens (tertiary/aromatic N) is 2. The van der Waals surface area contributed by atoms with Crippen molar-refractivity contribution in [2.75, 3.05) is 7.11 Å². The van der Waals surface area contributed by atoms with E-state index in [1.165, 1.54) is 44.2 Å². The zero-order valence-electron chi connectivity index (χ0n) is 15.0. The Hall–Kier alpha value is -3.55. The average Bonchev–Trinajstić information content (AvgIpc) is 3.06. The predicted octanol–water partition coefficient (Wildman–Crippen LogP) is 2.57. The highest BCUT2D eigenvalue weighted by molar-refractivity contribution is 5.99. The van der Waals surface area contributed by atoms with Crippen LogP contribution in [0.5, 0.6) is 17.2 Å². The Labute approximate surface area is 155 Å². The summed E-state index contributed by atoms with van der Waals surface area (Å²) < 4.78 is 16.4. The fourth-order valence-corrected chi connectivity index (χ4v) is 2.68. The second kappa shape index (κ2) is 7.36. The van der Waals surface area contributed by atoms with Crippen LogP contribution in [0.3, 0.4) is 0 Å². The van der Waals surface area contributed by atoms with E-state index in [0.29, 0.717) is 16.9 Å². The van der Waals surface area contributed by atoms with Gasteiger partial charge in [0, 0.05) is 19.9 Å². The van der Waals surface area contributed by atoms with E-state index in [0.717, 1.165) is 0 Å². The molecule has 0 aliphatic carbocycles. The van der Waals surface area contributed by atoms with Crippen molar-refractivity contribution in [2.24, 2.45) is 5.10 Å². The first kappa shape index (κ1) is 18.2. The molecule has 27 heavy (non-hydrogen) atoms. The van der Waals surface area contributed by atoms with Gasteiger partial charge in [-0.3, -0.25) is 9.59 Å². The Balaban J connectivity index is 2.03. The van der Waals surface area contributed by atoms with Crippen LogP contribution in [0.1, 0.15) is 31.2 Å². The molecule has 0 saturated carbocycles. The third-order valence-corrected chi connectivity index (χ3v) is 3.82. The molecule has 0 unspecified atom stereocenters. The number of hydrogen-bond acceptors (Lipinski definition) is 7. The van der Waals surface area contributed by atoms with Gasteiger partial charge in [-0.2, -0.15) is 5.01 Å². The molecule has 1 atom stereocenters. The van der Waals surface area contributed by atoms with Crippen LogP contribution in [-0.2, 0) is 14.3 Å². The lowest BCUT2D eigenvalue weighted by atomic mass is 10.1. The topological polar surface area (TPSA) is 97.7 Å². The summed E-state index contributed by atoms with van der Waals surface area (Å²) in [6, 6.07) is 11.3. The maximum atomic E-state index is 12.1. The molecule has 2 aromatic carbocycles. The largest absolute Gasteiger partial charge is 0.508 e. The molecule has 8 heteroatoms. The van der Waals surface area contributed by atoms with Gasteiger partial charge in [-0.05, 0) is 24.3 Å². The fraction of sp³-hybridized carbons (Fsp3) is 0.211. The third-order valence-electron chi connectivity index (χ3n) is 3.82. The van der Waals surface area contributed by atoms with Crippen molar-refractivity contribution in [3.63, 3.8) is 0 Å². The summed E-state index contributed by atoms with van der Waals surface area (Å²) in [4.78, 5) is 23.5. The summed E-state index contributed by atoms with van der Waals surface area (Å²) in [5, 5.41) is 15.1. The Bertz CT molecular complexity index is 924. The van der Waals surface area contributed by atoms with Crippen LogP contribution >= 0.6 is 0 Å². The van der Waals surface area contributed by atoms with E-state index < -0.39 is 12.2 Å². The van der Waals surface area contributed by atoms with Gasteiger partial charge in [-0.1, -0.05) is 12.1 Å². The van der Waals surface area contributed by atoms with Crippen LogP contribution < -0.4 is 9.47 Å². The van der Waals surface area contributed by atoms with Gasteiger partial charge in [-0.25, -0.2) is 0 Å². The fourth-order valence-electron chi connectivity index (χ4n) is 2.68. The highest BCUT2D eigenvalue weighted by Crippen LogP contribution is 2.37. The molecule has 0 saturated heterocycles. The van der Waals surface area contributed by atoms with Crippen LogP contribution in [0, 0.1) is 0 Å². The molecule has 8 nitrogen and oxygen atoms in total. The van der Waals surface area contributed by atoms with Gasteiger partial charge in [0.2, 0.25) is 18.0 Å². The predicted molar refractivity (Wildman–Crippen MR) is 95.3 cm³/mol. The molecule has 140 valence electrons. The summed E-state index contributed by atoms with van der Waals surface area (Å²) in [5.41, 5.74) is 0.938. The number of benzene rings is 2. The van der Waals surface area contributed by atoms with Crippen LogP contribution in [-0.4, -0.2) is 35.0 Å². The van der Waals surface area contributed by atoms with Crippen LogP contribution in [0.2, 0.25) is 0 Å². The summed E-state index contributed by atoms with van der Waals surface area (Å²) in [5.74, 6) is -0.295. The number of aromatic hydroxyl groups is 1. The zero-order valence-corrected chi connectivity index (χ0v) is 15.0. The molecule has 0 fully saturated rings. The van der Waals surface area contributed by atoms with E-state index >= 15 is 0 Å². The lowest BCUT2D eigenvalue weighted by molar-refractivity contribution is -0.135. The monoisotopic (exact) mass is 370 g/mol. The van der Waals surface area contributed by atoms with Gasteiger partial charge in [0.1, 0.15) is 17.2 Å². The summed E-state index contributed by atoms with van der Waals surface area (Å²) in [6.07, 6.45) is -0.840. The highest BCUT2D eigenvalue weighted by atomic mass is 16.6. The summed E-state index contributed by atoms with van der Waals surface area (Å²) in [6.45, 7) is 2.60. The molecule has 1 heterocycles. The molecule has 0 aromatic heterocycles. The average molecular weight is 370 g/mol. The molecule has 3 rings (SSSR count). The van der Waals surface area contributed by atoms with Crippen LogP contribution in [0.15, 0.2) is 47.6 Å². The molecule has 0 spiro atoms. The number of carbonyl (C=O) groups excluding carboxylic acids is 2. The van der Waals surface area contributed by atoms with Crippen molar-refractivity contribution >= 4 is 17.8 Å². The Kier molecular flexibility index (Phi) is 4.98. The van der Waals surface area contributed by atoms with Gasteiger partial charge >= 0.3 is 5.97 Å². The lowest BCUT2D eigenvalue weighted by Gasteiger charge is -2.21. The Morgan fingerprint density at radius 1 is 1.15 bits per heavy atom. The maximum Gasteiger partial charge on any atom is 0.308 e. The molecule has 2 aromatic rings. The number of amides is 1. The van der Waals surface area contributed by atoms with Crippen molar-refractivity contribution in [3.8, 4) is 17.2 Å². The quantitative estimate of drug-likeness (QED) is 0.656. The van der Waals surface area contributed by atoms with Crippen molar-refractivity contribution in [1.29, 1.82) is 0 Å². The maximum absolute atomic E-state index is 12.1. The number of ether oxygens (including phenoxy) is 3. The highest BCUT2D eigenvalue weighted by Gasteiger charge is 2.36. The molecule has 0 bridgehead atoms. The minimum atomic E-state index is -0.840. The van der Waals surface area contributed by atoms with E-state index in [2.05, 4.69) is 5.10 Å². The first-order chi connectivity index (χ1) is 12.9. The minimum Gasteiger partial charge on any atom is -0.508 e. The molecule has 1 aliphatic heterocycles. The molecule has 0 radical (unpaired) electrons. The SMILES string of the molecule is COc1ccccc1[C@@H]1OC(c2ccc(O)cc2OC(C)=O)=NN1C(C)=O.